The van der Waals surface area contributed by atoms with Crippen LogP contribution in [0.2, 0.25) is 0 Å². The lowest BCUT2D eigenvalue weighted by molar-refractivity contribution is 0.0972. The van der Waals surface area contributed by atoms with Gasteiger partial charge in [0.05, 0.1) is 29.4 Å². The van der Waals surface area contributed by atoms with Gasteiger partial charge in [0, 0.05) is 6.20 Å². The van der Waals surface area contributed by atoms with E-state index in [0.29, 0.717) is 11.1 Å². The molecule has 0 atom stereocenters. The number of carbonyl (C=O) groups excluding carboxylic acids is 1. The van der Waals surface area contributed by atoms with Crippen LogP contribution < -0.4 is 0 Å². The second-order valence-corrected chi connectivity index (χ2v) is 3.14. The number of hydrogen-bond donors (Lipinski definition) is 0. The van der Waals surface area contributed by atoms with Crippen molar-refractivity contribution in [3.05, 3.63) is 36.2 Å². The van der Waals surface area contributed by atoms with Gasteiger partial charge in [0.15, 0.2) is 11.7 Å². The summed E-state index contributed by atoms with van der Waals surface area (Å²) in [6.07, 6.45) is 3.07. The van der Waals surface area contributed by atoms with Crippen LogP contribution in [0, 0.1) is 28.6 Å². The van der Waals surface area contributed by atoms with Crippen molar-refractivity contribution < 1.29 is 4.79 Å². The van der Waals surface area contributed by atoms with Crippen LogP contribution in [0.4, 0.5) is 0 Å². The molecule has 5 heteroatoms. The van der Waals surface area contributed by atoms with Crippen molar-refractivity contribution in [2.24, 2.45) is 5.92 Å². The molecule has 0 aliphatic rings. The van der Waals surface area contributed by atoms with Crippen LogP contribution in [0.25, 0.3) is 5.52 Å². The number of fused-ring (bicyclic) bond motifs is 1. The Morgan fingerprint density at radius 2 is 2.12 bits per heavy atom. The molecule has 76 valence electrons. The fraction of sp³-hybridized carbons (Fsp3) is 0.0909. The molecule has 5 nitrogen and oxygen atoms in total. The molecule has 0 N–H and O–H groups in total. The smallest absolute Gasteiger partial charge is 0.198 e. The molecular formula is C11H6N4O. The van der Waals surface area contributed by atoms with Crippen molar-refractivity contribution in [1.29, 1.82) is 10.5 Å². The first-order valence-electron chi connectivity index (χ1n) is 4.53. The van der Waals surface area contributed by atoms with Crippen LogP contribution in [0.5, 0.6) is 0 Å². The molecule has 0 aliphatic heterocycles. The van der Waals surface area contributed by atoms with E-state index in [-0.39, 0.29) is 0 Å². The van der Waals surface area contributed by atoms with Crippen molar-refractivity contribution >= 4 is 11.3 Å². The molecule has 16 heavy (non-hydrogen) atoms. The molecule has 2 aromatic heterocycles. The van der Waals surface area contributed by atoms with E-state index in [1.807, 2.05) is 0 Å². The third-order valence-electron chi connectivity index (χ3n) is 2.21. The molecule has 2 aromatic rings. The number of nitrogens with zero attached hydrogens (tertiary/aromatic N) is 4. The summed E-state index contributed by atoms with van der Waals surface area (Å²) in [5.41, 5.74) is 0.900. The molecule has 0 unspecified atom stereocenters. The minimum Gasteiger partial charge on any atom is -0.291 e. The maximum Gasteiger partial charge on any atom is 0.198 e. The number of carbonyl (C=O) groups is 1. The van der Waals surface area contributed by atoms with Gasteiger partial charge in [-0.2, -0.15) is 15.6 Å². The summed E-state index contributed by atoms with van der Waals surface area (Å²) in [6, 6.07) is 8.57. The quantitative estimate of drug-likeness (QED) is 0.697. The number of hydrogen-bond acceptors (Lipinski definition) is 4. The number of Topliss-reactive ketones (excluding diaryl/α,β-unsaturated/α-hetero) is 1. The first-order valence-corrected chi connectivity index (χ1v) is 4.53. The fourth-order valence-electron chi connectivity index (χ4n) is 1.43. The predicted octanol–water partition coefficient (Wildman–Crippen LogP) is 1.18. The van der Waals surface area contributed by atoms with Gasteiger partial charge >= 0.3 is 0 Å². The van der Waals surface area contributed by atoms with Gasteiger partial charge in [-0.25, -0.2) is 4.52 Å². The number of ketones is 1. The zero-order valence-corrected chi connectivity index (χ0v) is 8.16. The molecule has 0 fully saturated rings. The van der Waals surface area contributed by atoms with E-state index in [9.17, 15) is 4.79 Å². The van der Waals surface area contributed by atoms with Gasteiger partial charge in [0.25, 0.3) is 0 Å². The first kappa shape index (κ1) is 9.88. The van der Waals surface area contributed by atoms with Crippen LogP contribution in [0.3, 0.4) is 0 Å². The van der Waals surface area contributed by atoms with Crippen molar-refractivity contribution in [2.45, 2.75) is 0 Å². The fourth-order valence-corrected chi connectivity index (χ4v) is 1.43. The van der Waals surface area contributed by atoms with E-state index < -0.39 is 11.7 Å². The highest BCUT2D eigenvalue weighted by molar-refractivity contribution is 6.06. The largest absolute Gasteiger partial charge is 0.291 e. The molecule has 0 aliphatic carbocycles. The van der Waals surface area contributed by atoms with E-state index >= 15 is 0 Å². The van der Waals surface area contributed by atoms with Crippen molar-refractivity contribution in [2.75, 3.05) is 0 Å². The van der Waals surface area contributed by atoms with Crippen molar-refractivity contribution in [3.63, 3.8) is 0 Å². The van der Waals surface area contributed by atoms with Gasteiger partial charge in [-0.3, -0.25) is 4.79 Å². The summed E-state index contributed by atoms with van der Waals surface area (Å²) in [5, 5.41) is 21.3. The molecule has 2 heterocycles. The minimum atomic E-state index is -1.27. The monoisotopic (exact) mass is 210 g/mol. The second kappa shape index (κ2) is 3.84. The minimum absolute atomic E-state index is 0.300. The van der Waals surface area contributed by atoms with Gasteiger partial charge in [0.1, 0.15) is 0 Å². The Labute approximate surface area is 91.1 Å². The van der Waals surface area contributed by atoms with Gasteiger partial charge in [-0.1, -0.05) is 6.07 Å². The Morgan fingerprint density at radius 1 is 1.38 bits per heavy atom. The highest BCUT2D eigenvalue weighted by Gasteiger charge is 2.22. The number of pyridine rings is 1. The van der Waals surface area contributed by atoms with Gasteiger partial charge in [0.2, 0.25) is 0 Å². The lowest BCUT2D eigenvalue weighted by Crippen LogP contribution is -2.10. The van der Waals surface area contributed by atoms with Crippen LogP contribution in [0.15, 0.2) is 30.6 Å². The number of aromatic nitrogens is 2. The van der Waals surface area contributed by atoms with E-state index in [1.165, 1.54) is 10.7 Å². The molecule has 0 aromatic carbocycles. The summed E-state index contributed by atoms with van der Waals surface area (Å²) in [7, 11) is 0. The SMILES string of the molecule is N#CC(C#N)C(=O)c1cnn2ccccc12. The van der Waals surface area contributed by atoms with E-state index in [1.54, 1.807) is 36.5 Å². The zero-order valence-electron chi connectivity index (χ0n) is 8.16. The lowest BCUT2D eigenvalue weighted by Gasteiger charge is -1.97. The summed E-state index contributed by atoms with van der Waals surface area (Å²) in [4.78, 5) is 11.8. The molecule has 0 amide bonds. The van der Waals surface area contributed by atoms with Crippen LogP contribution in [-0.2, 0) is 0 Å². The van der Waals surface area contributed by atoms with Gasteiger partial charge in [-0.15, -0.1) is 0 Å². The molecule has 0 saturated heterocycles. The summed E-state index contributed by atoms with van der Waals surface area (Å²) >= 11 is 0. The first-order chi connectivity index (χ1) is 7.77. The number of rotatable bonds is 2. The van der Waals surface area contributed by atoms with E-state index in [0.717, 1.165) is 0 Å². The Kier molecular flexibility index (Phi) is 2.37. The molecule has 0 saturated carbocycles. The van der Waals surface area contributed by atoms with Crippen molar-refractivity contribution in [3.8, 4) is 12.1 Å². The third-order valence-corrected chi connectivity index (χ3v) is 2.21. The Bertz CT molecular complexity index is 615. The van der Waals surface area contributed by atoms with Gasteiger partial charge in [-0.05, 0) is 12.1 Å². The topological polar surface area (TPSA) is 82.0 Å². The average molecular weight is 210 g/mol. The second-order valence-electron chi connectivity index (χ2n) is 3.14. The predicted molar refractivity (Wildman–Crippen MR) is 54.2 cm³/mol. The maximum absolute atomic E-state index is 11.8. The highest BCUT2D eigenvalue weighted by Crippen LogP contribution is 2.14. The Balaban J connectivity index is 2.54. The Hall–Kier alpha value is -2.66. The van der Waals surface area contributed by atoms with Crippen LogP contribution in [-0.4, -0.2) is 15.4 Å². The van der Waals surface area contributed by atoms with Crippen LogP contribution in [0.1, 0.15) is 10.4 Å². The standard InChI is InChI=1S/C11H6N4O/c12-5-8(6-13)11(16)9-7-14-15-4-2-1-3-10(9)15/h1-4,7-8H. The lowest BCUT2D eigenvalue weighted by atomic mass is 10.0. The van der Waals surface area contributed by atoms with Crippen molar-refractivity contribution in [1.82, 2.24) is 9.61 Å². The summed E-state index contributed by atoms with van der Waals surface area (Å²) in [5.74, 6) is -1.78. The summed E-state index contributed by atoms with van der Waals surface area (Å²) in [6.45, 7) is 0. The molecular weight excluding hydrogens is 204 g/mol. The maximum atomic E-state index is 11.8. The molecule has 0 bridgehead atoms. The number of nitriles is 2. The van der Waals surface area contributed by atoms with Crippen LogP contribution >= 0.6 is 0 Å². The normalized spacial score (nSPS) is 9.94. The summed E-state index contributed by atoms with van der Waals surface area (Å²) < 4.78 is 1.53. The average Bonchev–Trinajstić information content (AvgIpc) is 2.74. The molecule has 0 spiro atoms. The van der Waals surface area contributed by atoms with E-state index in [2.05, 4.69) is 5.10 Å². The third kappa shape index (κ3) is 1.41. The van der Waals surface area contributed by atoms with E-state index in [4.69, 9.17) is 10.5 Å². The highest BCUT2D eigenvalue weighted by atomic mass is 16.1. The van der Waals surface area contributed by atoms with Gasteiger partial charge < -0.3 is 0 Å². The zero-order chi connectivity index (χ0) is 11.5. The molecule has 0 radical (unpaired) electrons. The Morgan fingerprint density at radius 3 is 2.81 bits per heavy atom. The molecule has 2 rings (SSSR count).